The van der Waals surface area contributed by atoms with Crippen LogP contribution in [0.2, 0.25) is 0 Å². The van der Waals surface area contributed by atoms with Gasteiger partial charge in [0.25, 0.3) is 0 Å². The highest BCUT2D eigenvalue weighted by molar-refractivity contribution is 5.71. The Kier molecular flexibility index (Phi) is 8.36. The predicted molar refractivity (Wildman–Crippen MR) is 148 cm³/mol. The molecule has 0 aliphatic carbocycles. The van der Waals surface area contributed by atoms with Crippen molar-refractivity contribution < 1.29 is 23.4 Å². The molecule has 7 heteroatoms. The highest BCUT2D eigenvalue weighted by Crippen LogP contribution is 2.34. The average Bonchev–Trinajstić information content (AvgIpc) is 2.96. The molecule has 0 N–H and O–H groups in total. The van der Waals surface area contributed by atoms with Gasteiger partial charge in [0, 0.05) is 44.5 Å². The lowest BCUT2D eigenvalue weighted by atomic mass is 10.0. The number of pyridine rings is 1. The molecule has 1 aliphatic rings. The molecule has 0 unspecified atom stereocenters. The zero-order valence-electron chi connectivity index (χ0n) is 21.9. The van der Waals surface area contributed by atoms with E-state index in [0.29, 0.717) is 67.7 Å². The Morgan fingerprint density at radius 3 is 2.13 bits per heavy atom. The number of hydrogen-bond donors (Lipinski definition) is 0. The van der Waals surface area contributed by atoms with E-state index in [1.54, 1.807) is 12.1 Å². The second-order valence-corrected chi connectivity index (χ2v) is 9.51. The first-order valence-electron chi connectivity index (χ1n) is 13.1. The van der Waals surface area contributed by atoms with E-state index >= 15 is 4.39 Å². The van der Waals surface area contributed by atoms with Gasteiger partial charge in [0.2, 0.25) is 11.8 Å². The van der Waals surface area contributed by atoms with E-state index in [4.69, 9.17) is 14.2 Å². The number of ether oxygens (including phenoxy) is 3. The van der Waals surface area contributed by atoms with Crippen molar-refractivity contribution in [2.45, 2.75) is 39.1 Å². The largest absolute Gasteiger partial charge is 0.473 e. The van der Waals surface area contributed by atoms with Gasteiger partial charge in [0.05, 0.1) is 5.69 Å². The second kappa shape index (κ2) is 12.4. The van der Waals surface area contributed by atoms with Gasteiger partial charge in [-0.1, -0.05) is 66.7 Å². The van der Waals surface area contributed by atoms with Crippen molar-refractivity contribution in [2.75, 3.05) is 18.0 Å². The zero-order chi connectivity index (χ0) is 27.0. The summed E-state index contributed by atoms with van der Waals surface area (Å²) >= 11 is 0. The minimum atomic E-state index is -0.322. The maximum atomic E-state index is 15.4. The molecule has 4 aromatic rings. The zero-order valence-corrected chi connectivity index (χ0v) is 21.9. The molecule has 5 rings (SSSR count). The lowest BCUT2D eigenvalue weighted by Crippen LogP contribution is -2.38. The van der Waals surface area contributed by atoms with Gasteiger partial charge in [0.1, 0.15) is 25.1 Å². The van der Waals surface area contributed by atoms with Crippen LogP contribution >= 0.6 is 0 Å². The van der Waals surface area contributed by atoms with E-state index in [2.05, 4.69) is 4.98 Å². The topological polar surface area (TPSA) is 60.9 Å². The Balaban J connectivity index is 1.35. The number of esters is 1. The summed E-state index contributed by atoms with van der Waals surface area (Å²) in [6.45, 7) is 3.35. The molecular formula is C32H31FN2O4. The number of nitrogens with zero attached hydrogens (tertiary/aromatic N) is 2. The predicted octanol–water partition coefficient (Wildman–Crippen LogP) is 6.58. The summed E-state index contributed by atoms with van der Waals surface area (Å²) in [6, 6.07) is 28.5. The smallest absolute Gasteiger partial charge is 0.302 e. The molecular weight excluding hydrogens is 495 g/mol. The van der Waals surface area contributed by atoms with Crippen molar-refractivity contribution in [1.82, 2.24) is 4.98 Å². The fraction of sp³-hybridized carbons (Fsp3) is 0.250. The van der Waals surface area contributed by atoms with Crippen LogP contribution in [0, 0.1) is 5.82 Å². The monoisotopic (exact) mass is 526 g/mol. The maximum Gasteiger partial charge on any atom is 0.302 e. The summed E-state index contributed by atoms with van der Waals surface area (Å²) in [5, 5.41) is 0. The van der Waals surface area contributed by atoms with Crippen molar-refractivity contribution in [3.05, 3.63) is 108 Å². The summed E-state index contributed by atoms with van der Waals surface area (Å²) in [7, 11) is 0. The van der Waals surface area contributed by atoms with Crippen LogP contribution in [0.1, 0.15) is 30.9 Å². The van der Waals surface area contributed by atoms with E-state index in [0.717, 1.165) is 11.1 Å². The van der Waals surface area contributed by atoms with Gasteiger partial charge in [-0.3, -0.25) is 4.79 Å². The van der Waals surface area contributed by atoms with Crippen LogP contribution in [0.15, 0.2) is 91.0 Å². The van der Waals surface area contributed by atoms with Crippen molar-refractivity contribution in [3.8, 4) is 22.9 Å². The number of rotatable bonds is 9. The summed E-state index contributed by atoms with van der Waals surface area (Å²) in [5.74, 6) is 0.202. The molecule has 39 heavy (non-hydrogen) atoms. The number of benzene rings is 3. The molecule has 0 amide bonds. The van der Waals surface area contributed by atoms with Crippen LogP contribution in [0.3, 0.4) is 0 Å². The number of carbonyl (C=O) groups is 1. The summed E-state index contributed by atoms with van der Waals surface area (Å²) < 4.78 is 32.8. The normalized spacial score (nSPS) is 13.6. The quantitative estimate of drug-likeness (QED) is 0.230. The number of aromatic nitrogens is 1. The third-order valence-electron chi connectivity index (χ3n) is 6.66. The maximum absolute atomic E-state index is 15.4. The summed E-state index contributed by atoms with van der Waals surface area (Å²) in [5.41, 5.74) is 3.90. The van der Waals surface area contributed by atoms with Gasteiger partial charge in [-0.25, -0.2) is 4.39 Å². The molecule has 6 nitrogen and oxygen atoms in total. The first-order chi connectivity index (χ1) is 19.0. The first kappa shape index (κ1) is 26.2. The number of halogens is 1. The molecule has 0 radical (unpaired) electrons. The lowest BCUT2D eigenvalue weighted by molar-refractivity contribution is -0.147. The molecule has 1 aromatic heterocycles. The van der Waals surface area contributed by atoms with Gasteiger partial charge >= 0.3 is 5.97 Å². The lowest BCUT2D eigenvalue weighted by Gasteiger charge is -2.33. The van der Waals surface area contributed by atoms with Crippen LogP contribution in [-0.4, -0.2) is 30.1 Å². The minimum absolute atomic E-state index is 0.112. The third-order valence-corrected chi connectivity index (χ3v) is 6.66. The fourth-order valence-electron chi connectivity index (χ4n) is 4.67. The third kappa shape index (κ3) is 6.93. The highest BCUT2D eigenvalue weighted by atomic mass is 19.1. The number of carbonyl (C=O) groups excluding carboxylic acids is 1. The van der Waals surface area contributed by atoms with Gasteiger partial charge in [-0.2, -0.15) is 4.98 Å². The Morgan fingerprint density at radius 2 is 1.51 bits per heavy atom. The van der Waals surface area contributed by atoms with Crippen LogP contribution in [-0.2, 0) is 22.7 Å². The molecule has 1 fully saturated rings. The Hall–Kier alpha value is -4.39. The van der Waals surface area contributed by atoms with Gasteiger partial charge in [0.15, 0.2) is 0 Å². The molecule has 0 spiro atoms. The number of hydrogen-bond acceptors (Lipinski definition) is 6. The minimum Gasteiger partial charge on any atom is -0.473 e. The van der Waals surface area contributed by atoms with E-state index in [1.807, 2.05) is 77.7 Å². The summed E-state index contributed by atoms with van der Waals surface area (Å²) in [4.78, 5) is 17.9. The molecule has 0 atom stereocenters. The van der Waals surface area contributed by atoms with Crippen molar-refractivity contribution >= 4 is 11.7 Å². The standard InChI is InChI=1S/C32H31FN2O4/c1-23(36)39-27-16-18-35(19-17-27)30-14-12-26(20-29(30)33)28-13-15-31(37-21-24-8-4-2-5-9-24)34-32(28)38-22-25-10-6-3-7-11-25/h2-15,20,27H,16-19,21-22H2,1H3. The van der Waals surface area contributed by atoms with E-state index in [9.17, 15) is 4.79 Å². The van der Waals surface area contributed by atoms with Crippen molar-refractivity contribution in [3.63, 3.8) is 0 Å². The van der Waals surface area contributed by atoms with E-state index in [-0.39, 0.29) is 17.9 Å². The van der Waals surface area contributed by atoms with Crippen LogP contribution < -0.4 is 14.4 Å². The first-order valence-corrected chi connectivity index (χ1v) is 13.1. The molecule has 1 saturated heterocycles. The number of anilines is 1. The van der Waals surface area contributed by atoms with Crippen molar-refractivity contribution in [1.29, 1.82) is 0 Å². The van der Waals surface area contributed by atoms with Crippen LogP contribution in [0.5, 0.6) is 11.8 Å². The molecule has 2 heterocycles. The highest BCUT2D eigenvalue weighted by Gasteiger charge is 2.23. The van der Waals surface area contributed by atoms with Gasteiger partial charge in [-0.15, -0.1) is 0 Å². The average molecular weight is 527 g/mol. The fourth-order valence-corrected chi connectivity index (χ4v) is 4.67. The van der Waals surface area contributed by atoms with Crippen LogP contribution in [0.25, 0.3) is 11.1 Å². The number of piperidine rings is 1. The molecule has 0 bridgehead atoms. The molecule has 1 aliphatic heterocycles. The Morgan fingerprint density at radius 1 is 0.872 bits per heavy atom. The second-order valence-electron chi connectivity index (χ2n) is 9.51. The van der Waals surface area contributed by atoms with Gasteiger partial charge < -0.3 is 19.1 Å². The van der Waals surface area contributed by atoms with E-state index < -0.39 is 0 Å². The summed E-state index contributed by atoms with van der Waals surface area (Å²) in [6.07, 6.45) is 1.23. The molecule has 0 saturated carbocycles. The van der Waals surface area contributed by atoms with Crippen LogP contribution in [0.4, 0.5) is 10.1 Å². The molecule has 200 valence electrons. The Bertz CT molecular complexity index is 1390. The molecule has 3 aromatic carbocycles. The Labute approximate surface area is 228 Å². The van der Waals surface area contributed by atoms with Crippen molar-refractivity contribution in [2.24, 2.45) is 0 Å². The van der Waals surface area contributed by atoms with Gasteiger partial charge in [-0.05, 0) is 34.9 Å². The SMILES string of the molecule is CC(=O)OC1CCN(c2ccc(-c3ccc(OCc4ccccc4)nc3OCc3ccccc3)cc2F)CC1. The van der Waals surface area contributed by atoms with E-state index in [1.165, 1.54) is 13.0 Å².